The Morgan fingerprint density at radius 2 is 2.29 bits per heavy atom. The number of aromatic nitrogens is 1. The first-order valence-corrected chi connectivity index (χ1v) is 6.58. The normalized spacial score (nSPS) is 12.2. The fourth-order valence-corrected chi connectivity index (χ4v) is 1.89. The summed E-state index contributed by atoms with van der Waals surface area (Å²) in [7, 11) is 0. The van der Waals surface area contributed by atoms with Gasteiger partial charge >= 0.3 is 5.97 Å². The molecule has 0 aliphatic carbocycles. The number of thioether (sulfide) groups is 1. The first kappa shape index (κ1) is 14.0. The lowest BCUT2D eigenvalue weighted by Crippen LogP contribution is -2.06. The van der Waals surface area contributed by atoms with E-state index < -0.39 is 6.10 Å². The Morgan fingerprint density at radius 3 is 2.82 bits per heavy atom. The predicted molar refractivity (Wildman–Crippen MR) is 66.8 cm³/mol. The van der Waals surface area contributed by atoms with Crippen molar-refractivity contribution in [1.82, 2.24) is 4.98 Å². The molecule has 5 heteroatoms. The fraction of sp³-hybridized carbons (Fsp3) is 0.500. The summed E-state index contributed by atoms with van der Waals surface area (Å²) in [6, 6.07) is 3.63. The third-order valence-electron chi connectivity index (χ3n) is 2.15. The summed E-state index contributed by atoms with van der Waals surface area (Å²) in [5.74, 6) is 0.0562. The molecular formula is C12H17NO3S. The average Bonchev–Trinajstić information content (AvgIpc) is 2.36. The van der Waals surface area contributed by atoms with Crippen molar-refractivity contribution >= 4 is 17.7 Å². The molecule has 0 amide bonds. The van der Waals surface area contributed by atoms with Crippen molar-refractivity contribution in [1.29, 1.82) is 0 Å². The maximum absolute atomic E-state index is 11.1. The van der Waals surface area contributed by atoms with E-state index in [9.17, 15) is 9.90 Å². The van der Waals surface area contributed by atoms with Crippen LogP contribution >= 0.6 is 11.8 Å². The van der Waals surface area contributed by atoms with Gasteiger partial charge in [0.15, 0.2) is 0 Å². The molecule has 0 aliphatic rings. The minimum atomic E-state index is -0.515. The van der Waals surface area contributed by atoms with Gasteiger partial charge in [-0.25, -0.2) is 0 Å². The molecule has 1 N–H and O–H groups in total. The highest BCUT2D eigenvalue weighted by Crippen LogP contribution is 2.20. The van der Waals surface area contributed by atoms with Gasteiger partial charge < -0.3 is 9.84 Å². The SMILES string of the molecule is CCOC(=O)CSc1ccc([C@@H](O)CC)nc1. The minimum absolute atomic E-state index is 0.227. The molecule has 94 valence electrons. The van der Waals surface area contributed by atoms with Gasteiger partial charge in [-0.3, -0.25) is 9.78 Å². The van der Waals surface area contributed by atoms with E-state index >= 15 is 0 Å². The Balaban J connectivity index is 2.48. The molecule has 0 radical (unpaired) electrons. The molecule has 4 nitrogen and oxygen atoms in total. The van der Waals surface area contributed by atoms with Crippen LogP contribution in [0.5, 0.6) is 0 Å². The standard InChI is InChI=1S/C12H17NO3S/c1-3-11(14)10-6-5-9(7-13-10)17-8-12(15)16-4-2/h5-7,11,14H,3-4,8H2,1-2H3/t11-/m0/s1. The highest BCUT2D eigenvalue weighted by Gasteiger charge is 2.07. The van der Waals surface area contributed by atoms with Gasteiger partial charge in [0.2, 0.25) is 0 Å². The number of esters is 1. The smallest absolute Gasteiger partial charge is 0.316 e. The lowest BCUT2D eigenvalue weighted by atomic mass is 10.2. The van der Waals surface area contributed by atoms with Crippen LogP contribution in [0.4, 0.5) is 0 Å². The molecule has 0 aliphatic heterocycles. The van der Waals surface area contributed by atoms with Gasteiger partial charge in [-0.2, -0.15) is 0 Å². The highest BCUT2D eigenvalue weighted by molar-refractivity contribution is 8.00. The largest absolute Gasteiger partial charge is 0.465 e. The molecule has 0 saturated heterocycles. The summed E-state index contributed by atoms with van der Waals surface area (Å²) in [4.78, 5) is 16.2. The first-order valence-electron chi connectivity index (χ1n) is 5.59. The van der Waals surface area contributed by atoms with E-state index in [0.29, 0.717) is 18.7 Å². The third kappa shape index (κ3) is 4.75. The second-order valence-electron chi connectivity index (χ2n) is 3.44. The van der Waals surface area contributed by atoms with Gasteiger partial charge in [-0.1, -0.05) is 6.92 Å². The van der Waals surface area contributed by atoms with Crippen molar-refractivity contribution in [2.24, 2.45) is 0 Å². The van der Waals surface area contributed by atoms with E-state index in [2.05, 4.69) is 4.98 Å². The molecule has 0 spiro atoms. The van der Waals surface area contributed by atoms with E-state index in [-0.39, 0.29) is 11.7 Å². The number of ether oxygens (including phenoxy) is 1. The second kappa shape index (κ2) is 7.29. The van der Waals surface area contributed by atoms with Gasteiger partial charge in [0.1, 0.15) is 0 Å². The van der Waals surface area contributed by atoms with Crippen LogP contribution in [0.2, 0.25) is 0 Å². The molecular weight excluding hydrogens is 238 g/mol. The molecule has 0 bridgehead atoms. The fourth-order valence-electron chi connectivity index (χ4n) is 1.23. The number of aliphatic hydroxyl groups excluding tert-OH is 1. The monoisotopic (exact) mass is 255 g/mol. The third-order valence-corrected chi connectivity index (χ3v) is 3.10. The molecule has 0 unspecified atom stereocenters. The van der Waals surface area contributed by atoms with Gasteiger partial charge in [0, 0.05) is 11.1 Å². The number of carbonyl (C=O) groups excluding carboxylic acids is 1. The Labute approximate surface area is 105 Å². The Bertz CT molecular complexity index is 353. The highest BCUT2D eigenvalue weighted by atomic mass is 32.2. The zero-order chi connectivity index (χ0) is 12.7. The molecule has 1 atom stereocenters. The van der Waals surface area contributed by atoms with Gasteiger partial charge in [0.25, 0.3) is 0 Å². The number of pyridine rings is 1. The number of aliphatic hydroxyl groups is 1. The van der Waals surface area contributed by atoms with Crippen LogP contribution in [-0.4, -0.2) is 28.4 Å². The van der Waals surface area contributed by atoms with Crippen LogP contribution in [-0.2, 0) is 9.53 Å². The first-order chi connectivity index (χ1) is 8.17. The van der Waals surface area contributed by atoms with Crippen LogP contribution in [0.3, 0.4) is 0 Å². The Morgan fingerprint density at radius 1 is 1.53 bits per heavy atom. The number of carbonyl (C=O) groups is 1. The lowest BCUT2D eigenvalue weighted by Gasteiger charge is -2.07. The lowest BCUT2D eigenvalue weighted by molar-refractivity contribution is -0.139. The number of nitrogens with zero attached hydrogens (tertiary/aromatic N) is 1. The summed E-state index contributed by atoms with van der Waals surface area (Å²) >= 11 is 1.38. The molecule has 0 fully saturated rings. The summed E-state index contributed by atoms with van der Waals surface area (Å²) in [6.45, 7) is 4.08. The molecule has 1 heterocycles. The van der Waals surface area contributed by atoms with E-state index in [1.54, 1.807) is 19.2 Å². The summed E-state index contributed by atoms with van der Waals surface area (Å²) in [5.41, 5.74) is 0.660. The average molecular weight is 255 g/mol. The van der Waals surface area contributed by atoms with Crippen molar-refractivity contribution in [3.63, 3.8) is 0 Å². The Kier molecular flexibility index (Phi) is 6.00. The van der Waals surface area contributed by atoms with E-state index in [1.807, 2.05) is 13.0 Å². The molecule has 1 aromatic heterocycles. The number of hydrogen-bond acceptors (Lipinski definition) is 5. The van der Waals surface area contributed by atoms with Crippen molar-refractivity contribution in [2.75, 3.05) is 12.4 Å². The topological polar surface area (TPSA) is 59.4 Å². The van der Waals surface area contributed by atoms with Crippen LogP contribution in [0.15, 0.2) is 23.2 Å². The molecule has 0 saturated carbocycles. The van der Waals surface area contributed by atoms with Crippen molar-refractivity contribution in [3.8, 4) is 0 Å². The maximum atomic E-state index is 11.1. The maximum Gasteiger partial charge on any atom is 0.316 e. The van der Waals surface area contributed by atoms with E-state index in [4.69, 9.17) is 4.74 Å². The van der Waals surface area contributed by atoms with Crippen LogP contribution < -0.4 is 0 Å². The van der Waals surface area contributed by atoms with Crippen LogP contribution in [0, 0.1) is 0 Å². The predicted octanol–water partition coefficient (Wildman–Crippen LogP) is 2.18. The van der Waals surface area contributed by atoms with E-state index in [0.717, 1.165) is 4.90 Å². The second-order valence-corrected chi connectivity index (χ2v) is 4.49. The minimum Gasteiger partial charge on any atom is -0.465 e. The van der Waals surface area contributed by atoms with Gasteiger partial charge in [-0.15, -0.1) is 11.8 Å². The summed E-state index contributed by atoms with van der Waals surface area (Å²) in [6.07, 6.45) is 1.79. The molecule has 1 rings (SSSR count). The van der Waals surface area contributed by atoms with Crippen LogP contribution in [0.1, 0.15) is 32.1 Å². The quantitative estimate of drug-likeness (QED) is 0.623. The van der Waals surface area contributed by atoms with E-state index in [1.165, 1.54) is 11.8 Å². The van der Waals surface area contributed by atoms with Crippen molar-refractivity contribution in [3.05, 3.63) is 24.0 Å². The van der Waals surface area contributed by atoms with Gasteiger partial charge in [0.05, 0.1) is 24.2 Å². The van der Waals surface area contributed by atoms with Crippen LogP contribution in [0.25, 0.3) is 0 Å². The van der Waals surface area contributed by atoms with Crippen molar-refractivity contribution < 1.29 is 14.6 Å². The molecule has 1 aromatic rings. The Hall–Kier alpha value is -1.07. The zero-order valence-electron chi connectivity index (χ0n) is 10.0. The van der Waals surface area contributed by atoms with Gasteiger partial charge in [-0.05, 0) is 25.5 Å². The summed E-state index contributed by atoms with van der Waals surface area (Å²) in [5, 5.41) is 9.56. The zero-order valence-corrected chi connectivity index (χ0v) is 10.9. The summed E-state index contributed by atoms with van der Waals surface area (Å²) < 4.78 is 4.82. The number of rotatable bonds is 6. The molecule has 17 heavy (non-hydrogen) atoms. The number of hydrogen-bond donors (Lipinski definition) is 1. The molecule has 0 aromatic carbocycles. The van der Waals surface area contributed by atoms with Crippen molar-refractivity contribution in [2.45, 2.75) is 31.3 Å².